The fraction of sp³-hybridized carbons (Fsp3) is 1.00. The van der Waals surface area contributed by atoms with Crippen LogP contribution in [0, 0.1) is 5.41 Å². The largest absolute Gasteiger partial charge is 0.346 e. The van der Waals surface area contributed by atoms with Gasteiger partial charge < -0.3 is 15.2 Å². The van der Waals surface area contributed by atoms with E-state index >= 15 is 0 Å². The van der Waals surface area contributed by atoms with Crippen molar-refractivity contribution < 1.29 is 9.47 Å². The predicted molar refractivity (Wildman–Crippen MR) is 67.8 cm³/mol. The highest BCUT2D eigenvalue weighted by atomic mass is 16.7. The molecule has 17 heavy (non-hydrogen) atoms. The Morgan fingerprint density at radius 2 is 2.00 bits per heavy atom. The summed E-state index contributed by atoms with van der Waals surface area (Å²) in [4.78, 5) is 2.46. The number of hydrogen-bond acceptors (Lipinski definition) is 4. The number of piperidine rings is 1. The second-order valence-corrected chi connectivity index (χ2v) is 6.11. The summed E-state index contributed by atoms with van der Waals surface area (Å²) in [5.74, 6) is -0.287. The van der Waals surface area contributed by atoms with Crippen molar-refractivity contribution in [2.24, 2.45) is 11.1 Å². The summed E-state index contributed by atoms with van der Waals surface area (Å²) in [5.41, 5.74) is 6.01. The summed E-state index contributed by atoms with van der Waals surface area (Å²) in [5, 5.41) is 0. The van der Waals surface area contributed by atoms with Gasteiger partial charge in [0, 0.05) is 6.42 Å². The molecule has 2 rings (SSSR count). The summed E-state index contributed by atoms with van der Waals surface area (Å²) >= 11 is 0. The van der Waals surface area contributed by atoms with Crippen LogP contribution in [0.15, 0.2) is 0 Å². The van der Waals surface area contributed by atoms with Crippen LogP contribution in [0.4, 0.5) is 0 Å². The lowest BCUT2D eigenvalue weighted by Gasteiger charge is -2.39. The maximum absolute atomic E-state index is 5.78. The van der Waals surface area contributed by atoms with Crippen molar-refractivity contribution in [1.82, 2.24) is 4.90 Å². The van der Waals surface area contributed by atoms with Crippen LogP contribution in [0.25, 0.3) is 0 Å². The Morgan fingerprint density at radius 1 is 1.29 bits per heavy atom. The number of likely N-dealkylation sites (tertiary alicyclic amines) is 1. The Bertz CT molecular complexity index is 250. The van der Waals surface area contributed by atoms with Crippen LogP contribution in [0.2, 0.25) is 0 Å². The van der Waals surface area contributed by atoms with E-state index in [0.717, 1.165) is 52.2 Å². The maximum atomic E-state index is 5.78. The number of rotatable bonds is 4. The number of nitrogens with two attached hydrogens (primary N) is 1. The highest BCUT2D eigenvalue weighted by Gasteiger charge is 2.40. The molecule has 4 nitrogen and oxygen atoms in total. The van der Waals surface area contributed by atoms with Crippen LogP contribution in [0.3, 0.4) is 0 Å². The summed E-state index contributed by atoms with van der Waals surface area (Å²) in [6.45, 7) is 9.90. The van der Waals surface area contributed by atoms with E-state index in [1.165, 1.54) is 6.42 Å². The first-order chi connectivity index (χ1) is 8.05. The molecule has 0 aromatic carbocycles. The third-order valence-corrected chi connectivity index (χ3v) is 3.97. The summed E-state index contributed by atoms with van der Waals surface area (Å²) in [6.07, 6.45) is 3.35. The average Bonchev–Trinajstić information content (AvgIpc) is 2.75. The van der Waals surface area contributed by atoms with Crippen LogP contribution in [-0.2, 0) is 9.47 Å². The summed E-state index contributed by atoms with van der Waals surface area (Å²) in [7, 11) is 0. The molecule has 2 aliphatic rings. The molecule has 2 aliphatic heterocycles. The van der Waals surface area contributed by atoms with Crippen molar-refractivity contribution in [3.8, 4) is 0 Å². The van der Waals surface area contributed by atoms with Gasteiger partial charge in [-0.2, -0.15) is 0 Å². The van der Waals surface area contributed by atoms with Crippen molar-refractivity contribution in [3.63, 3.8) is 0 Å². The normalized spacial score (nSPS) is 25.6. The highest BCUT2D eigenvalue weighted by Crippen LogP contribution is 2.30. The zero-order valence-corrected chi connectivity index (χ0v) is 11.2. The van der Waals surface area contributed by atoms with Gasteiger partial charge in [0.2, 0.25) is 0 Å². The lowest BCUT2D eigenvalue weighted by molar-refractivity contribution is -0.189. The van der Waals surface area contributed by atoms with Crippen molar-refractivity contribution in [2.75, 3.05) is 39.4 Å². The first kappa shape index (κ1) is 13.3. The maximum Gasteiger partial charge on any atom is 0.181 e. The monoisotopic (exact) mass is 242 g/mol. The van der Waals surface area contributed by atoms with E-state index < -0.39 is 0 Å². The molecule has 2 fully saturated rings. The highest BCUT2D eigenvalue weighted by molar-refractivity contribution is 4.84. The predicted octanol–water partition coefficient (Wildman–Crippen LogP) is 1.20. The number of ether oxygens (including phenoxy) is 2. The van der Waals surface area contributed by atoms with E-state index in [1.54, 1.807) is 0 Å². The first-order valence-electron chi connectivity index (χ1n) is 6.76. The van der Waals surface area contributed by atoms with Gasteiger partial charge in [-0.3, -0.25) is 4.90 Å². The van der Waals surface area contributed by atoms with Crippen molar-refractivity contribution in [2.45, 2.75) is 38.9 Å². The van der Waals surface area contributed by atoms with Crippen LogP contribution in [0.1, 0.15) is 33.1 Å². The molecule has 2 saturated heterocycles. The Kier molecular flexibility index (Phi) is 4.08. The number of nitrogens with zero attached hydrogens (tertiary/aromatic N) is 1. The molecule has 1 spiro atoms. The lowest BCUT2D eigenvalue weighted by Crippen LogP contribution is -2.49. The van der Waals surface area contributed by atoms with E-state index in [4.69, 9.17) is 15.2 Å². The van der Waals surface area contributed by atoms with Crippen LogP contribution in [0.5, 0.6) is 0 Å². The average molecular weight is 242 g/mol. The Morgan fingerprint density at radius 3 is 2.65 bits per heavy atom. The van der Waals surface area contributed by atoms with Gasteiger partial charge in [-0.1, -0.05) is 13.8 Å². The third-order valence-electron chi connectivity index (χ3n) is 3.97. The Labute approximate surface area is 104 Å². The van der Waals surface area contributed by atoms with E-state index in [2.05, 4.69) is 18.7 Å². The SMILES string of the molecule is CC(C)(CN)CCN1CCCC2(C1)OCCO2. The zero-order chi connectivity index (χ0) is 12.4. The van der Waals surface area contributed by atoms with E-state index in [0.29, 0.717) is 0 Å². The van der Waals surface area contributed by atoms with Crippen LogP contribution < -0.4 is 5.73 Å². The molecule has 0 aromatic heterocycles. The molecule has 0 amide bonds. The molecule has 2 N–H and O–H groups in total. The van der Waals surface area contributed by atoms with Gasteiger partial charge in [0.1, 0.15) is 0 Å². The molecule has 0 bridgehead atoms. The van der Waals surface area contributed by atoms with Crippen molar-refractivity contribution >= 4 is 0 Å². The second-order valence-electron chi connectivity index (χ2n) is 6.11. The standard InChI is InChI=1S/C13H26N2O2/c1-12(2,10-14)5-7-15-6-3-4-13(11-15)16-8-9-17-13/h3-11,14H2,1-2H3. The molecule has 0 unspecified atom stereocenters. The fourth-order valence-corrected chi connectivity index (χ4v) is 2.56. The second kappa shape index (κ2) is 5.22. The molecule has 0 saturated carbocycles. The molecule has 4 heteroatoms. The van der Waals surface area contributed by atoms with E-state index in [-0.39, 0.29) is 11.2 Å². The Hall–Kier alpha value is -0.160. The zero-order valence-electron chi connectivity index (χ0n) is 11.2. The van der Waals surface area contributed by atoms with Gasteiger partial charge in [-0.15, -0.1) is 0 Å². The molecule has 0 aliphatic carbocycles. The lowest BCUT2D eigenvalue weighted by atomic mass is 9.89. The fourth-order valence-electron chi connectivity index (χ4n) is 2.56. The first-order valence-corrected chi connectivity index (χ1v) is 6.76. The van der Waals surface area contributed by atoms with Crippen molar-refractivity contribution in [3.05, 3.63) is 0 Å². The topological polar surface area (TPSA) is 47.7 Å². The molecule has 0 aromatic rings. The quantitative estimate of drug-likeness (QED) is 0.805. The smallest absolute Gasteiger partial charge is 0.181 e. The minimum atomic E-state index is -0.287. The van der Waals surface area contributed by atoms with Gasteiger partial charge >= 0.3 is 0 Å². The molecular formula is C13H26N2O2. The molecular weight excluding hydrogens is 216 g/mol. The minimum absolute atomic E-state index is 0.238. The van der Waals surface area contributed by atoms with Gasteiger partial charge in [0.15, 0.2) is 5.79 Å². The van der Waals surface area contributed by atoms with Crippen LogP contribution >= 0.6 is 0 Å². The van der Waals surface area contributed by atoms with Crippen LogP contribution in [-0.4, -0.2) is 50.1 Å². The van der Waals surface area contributed by atoms with Gasteiger partial charge in [0.25, 0.3) is 0 Å². The van der Waals surface area contributed by atoms with Gasteiger partial charge in [-0.05, 0) is 37.9 Å². The van der Waals surface area contributed by atoms with Gasteiger partial charge in [0.05, 0.1) is 19.8 Å². The third kappa shape index (κ3) is 3.41. The molecule has 0 radical (unpaired) electrons. The Balaban J connectivity index is 1.81. The molecule has 2 heterocycles. The molecule has 0 atom stereocenters. The van der Waals surface area contributed by atoms with E-state index in [9.17, 15) is 0 Å². The number of hydrogen-bond donors (Lipinski definition) is 1. The molecule has 100 valence electrons. The van der Waals surface area contributed by atoms with E-state index in [1.807, 2.05) is 0 Å². The van der Waals surface area contributed by atoms with Gasteiger partial charge in [-0.25, -0.2) is 0 Å². The minimum Gasteiger partial charge on any atom is -0.346 e. The summed E-state index contributed by atoms with van der Waals surface area (Å²) < 4.78 is 11.6. The van der Waals surface area contributed by atoms with Crippen molar-refractivity contribution in [1.29, 1.82) is 0 Å². The summed E-state index contributed by atoms with van der Waals surface area (Å²) in [6, 6.07) is 0.